The molecule has 5 heteroatoms. The number of nitrogens with one attached hydrogen (secondary N) is 1. The Morgan fingerprint density at radius 3 is 2.73 bits per heavy atom. The van der Waals surface area contributed by atoms with Crippen molar-refractivity contribution < 1.29 is 5.11 Å². The molecule has 86 valence electrons. The molecule has 1 aromatic rings. The van der Waals surface area contributed by atoms with Crippen molar-refractivity contribution >= 4 is 0 Å². The molecule has 0 saturated heterocycles. The Kier molecular flexibility index (Phi) is 4.71. The van der Waals surface area contributed by atoms with E-state index in [-0.39, 0.29) is 6.10 Å². The van der Waals surface area contributed by atoms with Crippen LogP contribution in [0.25, 0.3) is 0 Å². The summed E-state index contributed by atoms with van der Waals surface area (Å²) in [7, 11) is 1.82. The highest BCUT2D eigenvalue weighted by molar-refractivity contribution is 4.94. The number of nitrogens with zero attached hydrogens (tertiary/aromatic N) is 3. The van der Waals surface area contributed by atoms with Gasteiger partial charge < -0.3 is 10.4 Å². The van der Waals surface area contributed by atoms with Gasteiger partial charge in [-0.15, -0.1) is 5.10 Å². The van der Waals surface area contributed by atoms with E-state index >= 15 is 0 Å². The summed E-state index contributed by atoms with van der Waals surface area (Å²) in [5, 5.41) is 20.6. The number of aliphatic hydroxyl groups excluding tert-OH is 1. The normalized spacial score (nSPS) is 13.4. The molecule has 0 aliphatic carbocycles. The molecule has 1 heterocycles. The minimum Gasteiger partial charge on any atom is -0.391 e. The lowest BCUT2D eigenvalue weighted by atomic mass is 10.2. The monoisotopic (exact) mass is 212 g/mol. The van der Waals surface area contributed by atoms with Crippen LogP contribution in [0.4, 0.5) is 0 Å². The third-order valence-electron chi connectivity index (χ3n) is 2.03. The summed E-state index contributed by atoms with van der Waals surface area (Å²) in [5.41, 5.74) is 0.830. The second-order valence-corrected chi connectivity index (χ2v) is 4.29. The first-order valence-electron chi connectivity index (χ1n) is 5.32. The summed E-state index contributed by atoms with van der Waals surface area (Å²) < 4.78 is 1.64. The van der Waals surface area contributed by atoms with E-state index in [0.29, 0.717) is 18.9 Å². The van der Waals surface area contributed by atoms with Crippen LogP contribution in [-0.2, 0) is 13.5 Å². The van der Waals surface area contributed by atoms with Gasteiger partial charge in [0.1, 0.15) is 0 Å². The average molecular weight is 212 g/mol. The average Bonchev–Trinajstić information content (AvgIpc) is 2.50. The maximum absolute atomic E-state index is 9.69. The van der Waals surface area contributed by atoms with Gasteiger partial charge in [0.15, 0.2) is 0 Å². The molecule has 0 spiro atoms. The number of hydrogen-bond acceptors (Lipinski definition) is 4. The maximum Gasteiger partial charge on any atom is 0.0853 e. The van der Waals surface area contributed by atoms with Gasteiger partial charge in [-0.2, -0.15) is 0 Å². The zero-order valence-corrected chi connectivity index (χ0v) is 9.64. The van der Waals surface area contributed by atoms with Crippen molar-refractivity contribution in [3.05, 3.63) is 11.9 Å². The fraction of sp³-hybridized carbons (Fsp3) is 0.800. The van der Waals surface area contributed by atoms with Crippen molar-refractivity contribution in [2.45, 2.75) is 26.4 Å². The van der Waals surface area contributed by atoms with Crippen molar-refractivity contribution in [3.63, 3.8) is 0 Å². The zero-order valence-electron chi connectivity index (χ0n) is 9.64. The fourth-order valence-corrected chi connectivity index (χ4v) is 1.34. The Balaban J connectivity index is 2.21. The quantitative estimate of drug-likeness (QED) is 0.695. The summed E-state index contributed by atoms with van der Waals surface area (Å²) >= 11 is 0. The minimum absolute atomic E-state index is 0.388. The number of aliphatic hydroxyl groups is 1. The largest absolute Gasteiger partial charge is 0.391 e. The molecule has 1 rings (SSSR count). The molecular weight excluding hydrogens is 192 g/mol. The van der Waals surface area contributed by atoms with E-state index in [1.807, 2.05) is 13.2 Å². The van der Waals surface area contributed by atoms with Crippen molar-refractivity contribution in [1.29, 1.82) is 0 Å². The highest BCUT2D eigenvalue weighted by Crippen LogP contribution is 1.97. The van der Waals surface area contributed by atoms with E-state index in [2.05, 4.69) is 29.5 Å². The van der Waals surface area contributed by atoms with Crippen molar-refractivity contribution in [2.75, 3.05) is 13.1 Å². The zero-order chi connectivity index (χ0) is 11.3. The molecule has 5 nitrogen and oxygen atoms in total. The number of aromatic nitrogens is 3. The standard InChI is InChI=1S/C10H20N4O/c1-8(2)5-11-6-10(15)4-9-7-14(3)13-12-9/h7-8,10-11,15H,4-6H2,1-3H3. The van der Waals surface area contributed by atoms with E-state index in [4.69, 9.17) is 0 Å². The van der Waals surface area contributed by atoms with Gasteiger partial charge in [0, 0.05) is 26.2 Å². The molecule has 0 saturated carbocycles. The summed E-state index contributed by atoms with van der Waals surface area (Å²) in [4.78, 5) is 0. The topological polar surface area (TPSA) is 63.0 Å². The van der Waals surface area contributed by atoms with Gasteiger partial charge in [-0.3, -0.25) is 4.68 Å². The van der Waals surface area contributed by atoms with Crippen LogP contribution < -0.4 is 5.32 Å². The molecule has 0 aromatic carbocycles. The maximum atomic E-state index is 9.69. The van der Waals surface area contributed by atoms with E-state index in [0.717, 1.165) is 12.2 Å². The van der Waals surface area contributed by atoms with Crippen LogP contribution in [0.3, 0.4) is 0 Å². The SMILES string of the molecule is CC(C)CNCC(O)Cc1cn(C)nn1. The molecular formula is C10H20N4O. The molecule has 2 N–H and O–H groups in total. The first-order chi connectivity index (χ1) is 7.08. The molecule has 1 atom stereocenters. The molecule has 0 amide bonds. The molecule has 0 radical (unpaired) electrons. The first kappa shape index (κ1) is 12.1. The fourth-order valence-electron chi connectivity index (χ4n) is 1.34. The number of rotatable bonds is 6. The highest BCUT2D eigenvalue weighted by atomic mass is 16.3. The predicted molar refractivity (Wildman–Crippen MR) is 58.4 cm³/mol. The second-order valence-electron chi connectivity index (χ2n) is 4.29. The lowest BCUT2D eigenvalue weighted by Crippen LogP contribution is -2.30. The summed E-state index contributed by atoms with van der Waals surface area (Å²) in [6.45, 7) is 5.82. The van der Waals surface area contributed by atoms with Crippen LogP contribution in [0.2, 0.25) is 0 Å². The van der Waals surface area contributed by atoms with Gasteiger partial charge in [-0.25, -0.2) is 0 Å². The van der Waals surface area contributed by atoms with Crippen molar-refractivity contribution in [1.82, 2.24) is 20.3 Å². The third kappa shape index (κ3) is 4.90. The molecule has 1 unspecified atom stereocenters. The summed E-state index contributed by atoms with van der Waals surface area (Å²) in [6.07, 6.45) is 1.99. The Labute approximate surface area is 90.5 Å². The number of hydrogen-bond donors (Lipinski definition) is 2. The summed E-state index contributed by atoms with van der Waals surface area (Å²) in [5.74, 6) is 0.605. The smallest absolute Gasteiger partial charge is 0.0853 e. The van der Waals surface area contributed by atoms with Crippen LogP contribution in [0.1, 0.15) is 19.5 Å². The molecule has 0 bridgehead atoms. The summed E-state index contributed by atoms with van der Waals surface area (Å²) in [6, 6.07) is 0. The second kappa shape index (κ2) is 5.82. The lowest BCUT2D eigenvalue weighted by molar-refractivity contribution is 0.169. The Morgan fingerprint density at radius 1 is 1.47 bits per heavy atom. The minimum atomic E-state index is -0.388. The van der Waals surface area contributed by atoms with E-state index < -0.39 is 0 Å². The van der Waals surface area contributed by atoms with Crippen LogP contribution >= 0.6 is 0 Å². The Hall–Kier alpha value is -0.940. The highest BCUT2D eigenvalue weighted by Gasteiger charge is 2.08. The van der Waals surface area contributed by atoms with Crippen LogP contribution in [-0.4, -0.2) is 39.3 Å². The van der Waals surface area contributed by atoms with E-state index in [1.165, 1.54) is 0 Å². The van der Waals surface area contributed by atoms with Gasteiger partial charge >= 0.3 is 0 Å². The van der Waals surface area contributed by atoms with Gasteiger partial charge in [-0.1, -0.05) is 19.1 Å². The van der Waals surface area contributed by atoms with Crippen molar-refractivity contribution in [3.8, 4) is 0 Å². The van der Waals surface area contributed by atoms with Gasteiger partial charge in [0.2, 0.25) is 0 Å². The van der Waals surface area contributed by atoms with E-state index in [1.54, 1.807) is 4.68 Å². The van der Waals surface area contributed by atoms with Gasteiger partial charge in [-0.05, 0) is 12.5 Å². The predicted octanol–water partition coefficient (Wildman–Crippen LogP) is -0.0359. The Bertz CT molecular complexity index is 285. The molecule has 1 aromatic heterocycles. The van der Waals surface area contributed by atoms with Crippen molar-refractivity contribution in [2.24, 2.45) is 13.0 Å². The van der Waals surface area contributed by atoms with Crippen LogP contribution in [0, 0.1) is 5.92 Å². The Morgan fingerprint density at radius 2 is 2.20 bits per heavy atom. The molecule has 0 aliphatic heterocycles. The van der Waals surface area contributed by atoms with Gasteiger partial charge in [0.25, 0.3) is 0 Å². The molecule has 0 fully saturated rings. The van der Waals surface area contributed by atoms with Gasteiger partial charge in [0.05, 0.1) is 11.8 Å². The van der Waals surface area contributed by atoms with Crippen LogP contribution in [0.5, 0.6) is 0 Å². The lowest BCUT2D eigenvalue weighted by Gasteiger charge is -2.11. The van der Waals surface area contributed by atoms with E-state index in [9.17, 15) is 5.11 Å². The first-order valence-corrected chi connectivity index (χ1v) is 5.32. The molecule has 15 heavy (non-hydrogen) atoms. The van der Waals surface area contributed by atoms with Crippen LogP contribution in [0.15, 0.2) is 6.20 Å². The number of aryl methyl sites for hydroxylation is 1. The molecule has 0 aliphatic rings. The third-order valence-corrected chi connectivity index (χ3v) is 2.03.